The number of piperidine rings is 1. The van der Waals surface area contributed by atoms with Crippen LogP contribution in [-0.2, 0) is 10.5 Å². The molecule has 0 radical (unpaired) electrons. The number of carbonyl (C=O) groups excluding carboxylic acids is 1. The molecule has 0 atom stereocenters. The Morgan fingerprint density at radius 2 is 2.25 bits per heavy atom. The molecule has 0 spiro atoms. The number of likely N-dealkylation sites (tertiary alicyclic amines) is 1. The van der Waals surface area contributed by atoms with Crippen molar-refractivity contribution < 1.29 is 4.79 Å². The van der Waals surface area contributed by atoms with E-state index in [2.05, 4.69) is 10.3 Å². The molecule has 1 amide bonds. The third-order valence-electron chi connectivity index (χ3n) is 3.66. The first-order valence-corrected chi connectivity index (χ1v) is 8.35. The first kappa shape index (κ1) is 15.3. The van der Waals surface area contributed by atoms with Gasteiger partial charge in [-0.05, 0) is 44.5 Å². The number of pyridine rings is 1. The van der Waals surface area contributed by atoms with Crippen molar-refractivity contribution >= 4 is 17.7 Å². The molecule has 1 N–H and O–H groups in total. The van der Waals surface area contributed by atoms with E-state index in [4.69, 9.17) is 0 Å². The van der Waals surface area contributed by atoms with E-state index < -0.39 is 0 Å². The summed E-state index contributed by atoms with van der Waals surface area (Å²) in [6, 6.07) is 5.90. The normalized spacial score (nSPS) is 16.4. The first-order valence-electron chi connectivity index (χ1n) is 7.19. The molecule has 2 rings (SSSR count). The van der Waals surface area contributed by atoms with Crippen LogP contribution in [0, 0.1) is 5.92 Å². The number of nitrogens with one attached hydrogen (secondary N) is 1. The minimum Gasteiger partial charge on any atom is -0.342 e. The van der Waals surface area contributed by atoms with E-state index >= 15 is 0 Å². The average Bonchev–Trinajstić information content (AvgIpc) is 2.49. The van der Waals surface area contributed by atoms with Gasteiger partial charge in [0.05, 0.1) is 11.4 Å². The summed E-state index contributed by atoms with van der Waals surface area (Å²) in [5.74, 6) is 2.37. The molecule has 0 unspecified atom stereocenters. The van der Waals surface area contributed by atoms with Gasteiger partial charge >= 0.3 is 0 Å². The second-order valence-electron chi connectivity index (χ2n) is 5.20. The Morgan fingerprint density at radius 3 is 2.90 bits per heavy atom. The van der Waals surface area contributed by atoms with Gasteiger partial charge < -0.3 is 10.2 Å². The molecule has 0 saturated carbocycles. The zero-order valence-corrected chi connectivity index (χ0v) is 12.9. The summed E-state index contributed by atoms with van der Waals surface area (Å²) in [4.78, 5) is 18.4. The second kappa shape index (κ2) is 8.27. The first-order chi connectivity index (χ1) is 9.79. The van der Waals surface area contributed by atoms with Crippen LogP contribution < -0.4 is 5.32 Å². The molecule has 5 heteroatoms. The van der Waals surface area contributed by atoms with Gasteiger partial charge in [0, 0.05) is 25.0 Å². The van der Waals surface area contributed by atoms with Crippen molar-refractivity contribution in [3.05, 3.63) is 30.1 Å². The number of aromatic nitrogens is 1. The molecule has 0 aliphatic carbocycles. The Bertz CT molecular complexity index is 405. The van der Waals surface area contributed by atoms with Crippen LogP contribution in [0.1, 0.15) is 18.5 Å². The third kappa shape index (κ3) is 4.80. The van der Waals surface area contributed by atoms with Crippen molar-refractivity contribution in [1.29, 1.82) is 0 Å². The number of hydrogen-bond donors (Lipinski definition) is 1. The van der Waals surface area contributed by atoms with E-state index in [1.807, 2.05) is 30.1 Å². The lowest BCUT2D eigenvalue weighted by atomic mass is 9.97. The highest BCUT2D eigenvalue weighted by molar-refractivity contribution is 7.99. The molecule has 0 bridgehead atoms. The minimum atomic E-state index is 0.272. The number of hydrogen-bond acceptors (Lipinski definition) is 4. The highest BCUT2D eigenvalue weighted by Crippen LogP contribution is 2.18. The van der Waals surface area contributed by atoms with Crippen LogP contribution in [0.5, 0.6) is 0 Å². The van der Waals surface area contributed by atoms with Crippen molar-refractivity contribution in [2.45, 2.75) is 18.6 Å². The van der Waals surface area contributed by atoms with Gasteiger partial charge in [0.2, 0.25) is 5.91 Å². The summed E-state index contributed by atoms with van der Waals surface area (Å²) in [7, 11) is 1.99. The molecule has 4 nitrogen and oxygen atoms in total. The van der Waals surface area contributed by atoms with E-state index in [0.717, 1.165) is 49.8 Å². The number of carbonyl (C=O) groups is 1. The largest absolute Gasteiger partial charge is 0.342 e. The maximum absolute atomic E-state index is 12.1. The van der Waals surface area contributed by atoms with Crippen molar-refractivity contribution in [2.75, 3.05) is 32.4 Å². The Hall–Kier alpha value is -1.07. The second-order valence-corrected chi connectivity index (χ2v) is 6.18. The fourth-order valence-electron chi connectivity index (χ4n) is 2.49. The van der Waals surface area contributed by atoms with Crippen molar-refractivity contribution in [2.24, 2.45) is 5.92 Å². The average molecular weight is 293 g/mol. The van der Waals surface area contributed by atoms with E-state index in [1.54, 1.807) is 18.0 Å². The van der Waals surface area contributed by atoms with Crippen LogP contribution >= 0.6 is 11.8 Å². The minimum absolute atomic E-state index is 0.272. The molecule has 1 aromatic heterocycles. The van der Waals surface area contributed by atoms with Crippen LogP contribution in [0.4, 0.5) is 0 Å². The zero-order chi connectivity index (χ0) is 14.2. The zero-order valence-electron chi connectivity index (χ0n) is 12.0. The number of amides is 1. The standard InChI is InChI=1S/C15H23N3OS/c1-16-10-13-5-8-18(9-6-13)15(19)12-20-11-14-4-2-3-7-17-14/h2-4,7,13,16H,5-6,8-12H2,1H3. The van der Waals surface area contributed by atoms with Crippen molar-refractivity contribution in [1.82, 2.24) is 15.2 Å². The molecule has 110 valence electrons. The van der Waals surface area contributed by atoms with Gasteiger partial charge in [0.1, 0.15) is 0 Å². The molecule has 1 aromatic rings. The van der Waals surface area contributed by atoms with Crippen LogP contribution in [0.15, 0.2) is 24.4 Å². The number of thioether (sulfide) groups is 1. The Kier molecular flexibility index (Phi) is 6.33. The molecule has 1 aliphatic rings. The lowest BCUT2D eigenvalue weighted by molar-refractivity contribution is -0.129. The molecule has 1 saturated heterocycles. The van der Waals surface area contributed by atoms with Crippen molar-refractivity contribution in [3.8, 4) is 0 Å². The smallest absolute Gasteiger partial charge is 0.232 e. The number of nitrogens with zero attached hydrogens (tertiary/aromatic N) is 2. The van der Waals surface area contributed by atoms with E-state index in [0.29, 0.717) is 5.75 Å². The van der Waals surface area contributed by atoms with Crippen molar-refractivity contribution in [3.63, 3.8) is 0 Å². The van der Waals surface area contributed by atoms with Gasteiger partial charge in [-0.2, -0.15) is 0 Å². The monoisotopic (exact) mass is 293 g/mol. The van der Waals surface area contributed by atoms with Gasteiger partial charge in [-0.25, -0.2) is 0 Å². The van der Waals surface area contributed by atoms with Gasteiger partial charge in [-0.3, -0.25) is 9.78 Å². The van der Waals surface area contributed by atoms with Crippen LogP contribution in [-0.4, -0.2) is 48.2 Å². The van der Waals surface area contributed by atoms with Gasteiger partial charge in [0.15, 0.2) is 0 Å². The van der Waals surface area contributed by atoms with Gasteiger partial charge in [-0.15, -0.1) is 11.8 Å². The predicted octanol–water partition coefficient (Wildman–Crippen LogP) is 1.77. The Labute approximate surface area is 125 Å². The van der Waals surface area contributed by atoms with Gasteiger partial charge in [0.25, 0.3) is 0 Å². The van der Waals surface area contributed by atoms with Crippen LogP contribution in [0.2, 0.25) is 0 Å². The third-order valence-corrected chi connectivity index (χ3v) is 4.61. The Balaban J connectivity index is 1.66. The van der Waals surface area contributed by atoms with E-state index in [9.17, 15) is 4.79 Å². The number of rotatable bonds is 6. The molecular formula is C15H23N3OS. The summed E-state index contributed by atoms with van der Waals surface area (Å²) >= 11 is 1.65. The summed E-state index contributed by atoms with van der Waals surface area (Å²) in [5.41, 5.74) is 1.04. The predicted molar refractivity (Wildman–Crippen MR) is 83.6 cm³/mol. The molecule has 1 fully saturated rings. The topological polar surface area (TPSA) is 45.2 Å². The van der Waals surface area contributed by atoms with E-state index in [1.165, 1.54) is 0 Å². The van der Waals surface area contributed by atoms with Crippen LogP contribution in [0.25, 0.3) is 0 Å². The van der Waals surface area contributed by atoms with E-state index in [-0.39, 0.29) is 5.91 Å². The summed E-state index contributed by atoms with van der Waals surface area (Å²) in [6.07, 6.45) is 4.04. The van der Waals surface area contributed by atoms with Crippen LogP contribution in [0.3, 0.4) is 0 Å². The maximum Gasteiger partial charge on any atom is 0.232 e. The SMILES string of the molecule is CNCC1CCN(C(=O)CSCc2ccccn2)CC1. The van der Waals surface area contributed by atoms with Gasteiger partial charge in [-0.1, -0.05) is 6.07 Å². The molecular weight excluding hydrogens is 270 g/mol. The fourth-order valence-corrected chi connectivity index (χ4v) is 3.33. The fraction of sp³-hybridized carbons (Fsp3) is 0.600. The lowest BCUT2D eigenvalue weighted by Gasteiger charge is -2.31. The molecule has 0 aromatic carbocycles. The highest BCUT2D eigenvalue weighted by Gasteiger charge is 2.21. The summed E-state index contributed by atoms with van der Waals surface area (Å²) in [6.45, 7) is 2.89. The lowest BCUT2D eigenvalue weighted by Crippen LogP contribution is -2.41. The highest BCUT2D eigenvalue weighted by atomic mass is 32.2. The quantitative estimate of drug-likeness (QED) is 0.868. The Morgan fingerprint density at radius 1 is 1.45 bits per heavy atom. The summed E-state index contributed by atoms with van der Waals surface area (Å²) < 4.78 is 0. The maximum atomic E-state index is 12.1. The summed E-state index contributed by atoms with van der Waals surface area (Å²) in [5, 5.41) is 3.22. The molecule has 2 heterocycles. The molecule has 1 aliphatic heterocycles. The molecule has 20 heavy (non-hydrogen) atoms.